The lowest BCUT2D eigenvalue weighted by molar-refractivity contribution is -0.228. The number of likely N-dealkylation sites (tertiary alicyclic amines) is 1. The molecular weight excluding hydrogens is 437 g/mol. The number of carbonyl (C=O) groups is 1. The molecule has 0 radical (unpaired) electrons. The molecule has 0 saturated carbocycles. The second kappa shape index (κ2) is 8.49. The molecule has 33 heavy (non-hydrogen) atoms. The minimum atomic E-state index is -5.12. The molecule has 0 bridgehead atoms. The molecule has 1 unspecified atom stereocenters. The van der Waals surface area contributed by atoms with Gasteiger partial charge in [-0.2, -0.15) is 13.2 Å². The van der Waals surface area contributed by atoms with Crippen molar-refractivity contribution in [3.63, 3.8) is 0 Å². The van der Waals surface area contributed by atoms with Gasteiger partial charge in [0, 0.05) is 22.0 Å². The van der Waals surface area contributed by atoms with Crippen molar-refractivity contribution in [3.8, 4) is 0 Å². The van der Waals surface area contributed by atoms with Crippen molar-refractivity contribution in [2.45, 2.75) is 69.2 Å². The van der Waals surface area contributed by atoms with Gasteiger partial charge in [0.25, 0.3) is 0 Å². The predicted molar refractivity (Wildman–Crippen MR) is 116 cm³/mol. The van der Waals surface area contributed by atoms with Gasteiger partial charge in [-0.3, -0.25) is 9.69 Å². The third-order valence-corrected chi connectivity index (χ3v) is 7.08. The quantitative estimate of drug-likeness (QED) is 0.479. The van der Waals surface area contributed by atoms with Crippen LogP contribution in [0.25, 0.3) is 0 Å². The number of benzene rings is 2. The number of halogens is 5. The lowest BCUT2D eigenvalue weighted by Crippen LogP contribution is -2.48. The number of aryl methyl sites for hydroxylation is 1. The summed E-state index contributed by atoms with van der Waals surface area (Å²) in [4.78, 5) is 14.1. The number of hydrogen-bond acceptors (Lipinski definition) is 2. The van der Waals surface area contributed by atoms with Gasteiger partial charge in [0.1, 0.15) is 11.6 Å². The van der Waals surface area contributed by atoms with Gasteiger partial charge in [-0.25, -0.2) is 8.78 Å². The minimum Gasteiger partial charge on any atom is -0.298 e. The van der Waals surface area contributed by atoms with E-state index < -0.39 is 60.2 Å². The van der Waals surface area contributed by atoms with Gasteiger partial charge in [-0.05, 0) is 73.5 Å². The number of hydrogen-bond donors (Lipinski definition) is 0. The van der Waals surface area contributed by atoms with Crippen LogP contribution in [0.5, 0.6) is 0 Å². The second-order valence-electron chi connectivity index (χ2n) is 9.04. The van der Waals surface area contributed by atoms with E-state index in [1.165, 1.54) is 29.2 Å². The highest BCUT2D eigenvalue weighted by molar-refractivity contribution is 5.80. The molecule has 0 amide bonds. The van der Waals surface area contributed by atoms with Crippen LogP contribution in [0.3, 0.4) is 0 Å². The summed E-state index contributed by atoms with van der Waals surface area (Å²) in [6.07, 6.45) is -5.00. The summed E-state index contributed by atoms with van der Waals surface area (Å²) < 4.78 is 108. The van der Waals surface area contributed by atoms with Crippen molar-refractivity contribution in [1.29, 1.82) is 0 Å². The minimum absolute atomic E-state index is 0.0934. The Balaban J connectivity index is 1.79. The van der Waals surface area contributed by atoms with E-state index in [-0.39, 0.29) is 25.8 Å². The van der Waals surface area contributed by atoms with Crippen LogP contribution in [0, 0.1) is 5.82 Å². The van der Waals surface area contributed by atoms with E-state index in [9.17, 15) is 26.7 Å². The highest BCUT2D eigenvalue weighted by Crippen LogP contribution is 2.50. The van der Waals surface area contributed by atoms with Crippen molar-refractivity contribution in [3.05, 3.63) is 70.5 Å². The fourth-order valence-corrected chi connectivity index (χ4v) is 5.32. The van der Waals surface area contributed by atoms with E-state index in [1.54, 1.807) is 12.1 Å². The maximum Gasteiger partial charge on any atom is 0.426 e. The first kappa shape index (κ1) is 18.1. The van der Waals surface area contributed by atoms with E-state index in [1.807, 2.05) is 0 Å². The molecule has 1 fully saturated rings. The Bertz CT molecular complexity index is 1210. The van der Waals surface area contributed by atoms with Crippen LogP contribution in [0.2, 0.25) is 0 Å². The van der Waals surface area contributed by atoms with Crippen molar-refractivity contribution < 1.29 is 33.6 Å². The molecule has 2 aliphatic rings. The molecular formula is C26H28F5NO. The molecule has 2 aromatic carbocycles. The number of nitrogens with zero attached hydrogens (tertiary/aromatic N) is 1. The average Bonchev–Trinajstić information content (AvgIpc) is 3.18. The average molecular weight is 471 g/mol. The molecule has 3 atom stereocenters. The Hall–Kier alpha value is -2.28. The van der Waals surface area contributed by atoms with Crippen molar-refractivity contribution in [1.82, 2.24) is 4.90 Å². The maximum atomic E-state index is 14.8. The SMILES string of the molecule is [2H]C([2H])([2H])CC(=O)C([2H])([2H])N1CC[C@@]2(Cc3ccc(F)cc3)c3ccc(C(C)(F)C(F)(F)F)cc3CC[C@@H]12. The van der Waals surface area contributed by atoms with E-state index in [0.29, 0.717) is 30.0 Å². The summed E-state index contributed by atoms with van der Waals surface area (Å²) >= 11 is 0. The van der Waals surface area contributed by atoms with Crippen molar-refractivity contribution in [2.24, 2.45) is 0 Å². The molecule has 7 heteroatoms. The third kappa shape index (κ3) is 4.20. The molecule has 4 rings (SSSR count). The molecule has 1 aliphatic carbocycles. The first-order valence-corrected chi connectivity index (χ1v) is 10.8. The fourth-order valence-electron chi connectivity index (χ4n) is 5.32. The van der Waals surface area contributed by atoms with Gasteiger partial charge in [-0.15, -0.1) is 0 Å². The zero-order chi connectivity index (χ0) is 28.3. The number of Topliss-reactive ketones (excluding diaryl/α,β-unsaturated/α-hetero) is 1. The maximum absolute atomic E-state index is 14.8. The normalized spacial score (nSPS) is 27.8. The molecule has 1 aliphatic heterocycles. The standard InChI is InChI=1S/C26H28F5NO/c1-3-21(33)16-32-13-12-25(15-17-4-8-20(27)9-5-17)22-10-7-19(24(2,28)26(29,30)31)14-18(22)6-11-23(25)32/h4-5,7-10,14,23H,3,6,11-13,15-16H2,1-2H3/t23-,24?,25-/m1/s1/i1D3,16D2. The van der Waals surface area contributed by atoms with E-state index >= 15 is 0 Å². The van der Waals surface area contributed by atoms with Crippen LogP contribution in [0.4, 0.5) is 22.0 Å². The smallest absolute Gasteiger partial charge is 0.298 e. The summed E-state index contributed by atoms with van der Waals surface area (Å²) in [6.45, 7) is -4.68. The summed E-state index contributed by atoms with van der Waals surface area (Å²) in [5.41, 5.74) is -3.13. The fraction of sp³-hybridized carbons (Fsp3) is 0.500. The Morgan fingerprint density at radius 3 is 2.61 bits per heavy atom. The number of carbonyl (C=O) groups excluding carboxylic acids is 1. The van der Waals surface area contributed by atoms with Gasteiger partial charge in [0.05, 0.1) is 9.24 Å². The number of ketones is 1. The van der Waals surface area contributed by atoms with Gasteiger partial charge < -0.3 is 0 Å². The molecule has 0 N–H and O–H groups in total. The monoisotopic (exact) mass is 470 g/mol. The molecule has 0 aromatic heterocycles. The highest BCUT2D eigenvalue weighted by Gasteiger charge is 2.55. The van der Waals surface area contributed by atoms with Crippen molar-refractivity contribution >= 4 is 5.78 Å². The van der Waals surface area contributed by atoms with Crippen LogP contribution in [-0.2, 0) is 28.7 Å². The molecule has 178 valence electrons. The van der Waals surface area contributed by atoms with Crippen LogP contribution >= 0.6 is 0 Å². The molecule has 1 saturated heterocycles. The lowest BCUT2D eigenvalue weighted by atomic mass is 9.63. The summed E-state index contributed by atoms with van der Waals surface area (Å²) in [5, 5.41) is 0. The highest BCUT2D eigenvalue weighted by atomic mass is 19.4. The van der Waals surface area contributed by atoms with Crippen LogP contribution in [0.1, 0.15) is 62.1 Å². The second-order valence-corrected chi connectivity index (χ2v) is 9.04. The molecule has 2 nitrogen and oxygen atoms in total. The van der Waals surface area contributed by atoms with Gasteiger partial charge in [0.2, 0.25) is 5.67 Å². The topological polar surface area (TPSA) is 20.3 Å². The number of rotatable bonds is 6. The molecule has 1 heterocycles. The Labute approximate surface area is 197 Å². The van der Waals surface area contributed by atoms with E-state index in [0.717, 1.165) is 6.07 Å². The zero-order valence-electron chi connectivity index (χ0n) is 23.1. The Morgan fingerprint density at radius 2 is 1.94 bits per heavy atom. The van der Waals surface area contributed by atoms with Gasteiger partial charge in [0.15, 0.2) is 0 Å². The largest absolute Gasteiger partial charge is 0.426 e. The number of fused-ring (bicyclic) bond motifs is 3. The van der Waals surface area contributed by atoms with Crippen LogP contribution < -0.4 is 0 Å². The van der Waals surface area contributed by atoms with Gasteiger partial charge >= 0.3 is 6.18 Å². The van der Waals surface area contributed by atoms with Crippen molar-refractivity contribution in [2.75, 3.05) is 13.0 Å². The lowest BCUT2D eigenvalue weighted by Gasteiger charge is -2.44. The predicted octanol–water partition coefficient (Wildman–Crippen LogP) is 6.05. The van der Waals surface area contributed by atoms with E-state index in [2.05, 4.69) is 0 Å². The number of alkyl halides is 4. The Morgan fingerprint density at radius 1 is 1.21 bits per heavy atom. The van der Waals surface area contributed by atoms with Crippen LogP contribution in [-0.4, -0.2) is 35.9 Å². The molecule has 0 spiro atoms. The first-order valence-electron chi connectivity index (χ1n) is 13.3. The van der Waals surface area contributed by atoms with Gasteiger partial charge in [-0.1, -0.05) is 37.2 Å². The summed E-state index contributed by atoms with van der Waals surface area (Å²) in [5.74, 6) is -1.53. The van der Waals surface area contributed by atoms with Crippen LogP contribution in [0.15, 0.2) is 42.5 Å². The van der Waals surface area contributed by atoms with E-state index in [4.69, 9.17) is 6.85 Å². The third-order valence-electron chi connectivity index (χ3n) is 7.08. The Kier molecular flexibility index (Phi) is 4.66. The first-order chi connectivity index (χ1) is 17.4. The summed E-state index contributed by atoms with van der Waals surface area (Å²) in [6, 6.07) is 8.86. The zero-order valence-corrected chi connectivity index (χ0v) is 18.1. The summed E-state index contributed by atoms with van der Waals surface area (Å²) in [7, 11) is 0. The molecule has 2 aromatic rings.